The predicted molar refractivity (Wildman–Crippen MR) is 59.9 cm³/mol. The van der Waals surface area contributed by atoms with Gasteiger partial charge in [-0.3, -0.25) is 9.48 Å². The Morgan fingerprint density at radius 3 is 2.93 bits per heavy atom. The van der Waals surface area contributed by atoms with E-state index in [1.165, 1.54) is 6.20 Å². The number of nitrogens with one attached hydrogen (secondary N) is 1. The molecule has 78 valence electrons. The molecule has 5 nitrogen and oxygen atoms in total. The fourth-order valence-corrected chi connectivity index (χ4v) is 1.43. The van der Waals surface area contributed by atoms with E-state index in [9.17, 15) is 4.79 Å². The lowest BCUT2D eigenvalue weighted by atomic mass is 10.3. The highest BCUT2D eigenvalue weighted by Crippen LogP contribution is 2.10. The molecule has 0 unspecified atom stereocenters. The second-order valence-corrected chi connectivity index (χ2v) is 4.05. The number of aryl methyl sites for hydroxylation is 1. The van der Waals surface area contributed by atoms with Crippen molar-refractivity contribution in [1.82, 2.24) is 15.1 Å². The van der Waals surface area contributed by atoms with Crippen LogP contribution in [-0.4, -0.2) is 33.4 Å². The van der Waals surface area contributed by atoms with Gasteiger partial charge in [-0.2, -0.15) is 5.10 Å². The van der Waals surface area contributed by atoms with Crippen molar-refractivity contribution < 1.29 is 9.90 Å². The highest BCUT2D eigenvalue weighted by atomic mass is 127. The molecule has 1 amide bonds. The van der Waals surface area contributed by atoms with Crippen LogP contribution in [0.15, 0.2) is 6.20 Å². The van der Waals surface area contributed by atoms with Crippen molar-refractivity contribution in [2.24, 2.45) is 7.05 Å². The second kappa shape index (κ2) is 4.74. The lowest BCUT2D eigenvalue weighted by molar-refractivity contribution is 0.0921. The molecule has 2 N–H and O–H groups in total. The molecular formula is C8H12IN3O2. The van der Waals surface area contributed by atoms with E-state index in [1.807, 2.05) is 0 Å². The molecule has 0 bridgehead atoms. The van der Waals surface area contributed by atoms with E-state index in [-0.39, 0.29) is 18.6 Å². The molecule has 0 saturated heterocycles. The highest BCUT2D eigenvalue weighted by molar-refractivity contribution is 14.1. The number of amides is 1. The zero-order valence-electron chi connectivity index (χ0n) is 7.99. The van der Waals surface area contributed by atoms with Gasteiger partial charge in [-0.15, -0.1) is 0 Å². The standard InChI is InChI=1S/C8H12IN3O2/c1-5(4-13)11-8(14)6-3-10-12(2)7(6)9/h3,5,13H,4H2,1-2H3,(H,11,14)/t5-/m1/s1. The fraction of sp³-hybridized carbons (Fsp3) is 0.500. The fourth-order valence-electron chi connectivity index (χ4n) is 0.922. The van der Waals surface area contributed by atoms with Crippen LogP contribution in [0.3, 0.4) is 0 Å². The molecule has 0 aliphatic rings. The third kappa shape index (κ3) is 2.44. The lowest BCUT2D eigenvalue weighted by Gasteiger charge is -2.09. The van der Waals surface area contributed by atoms with Gasteiger partial charge in [0, 0.05) is 13.1 Å². The van der Waals surface area contributed by atoms with Crippen molar-refractivity contribution in [3.8, 4) is 0 Å². The molecule has 1 atom stereocenters. The Morgan fingerprint density at radius 1 is 1.86 bits per heavy atom. The maximum Gasteiger partial charge on any atom is 0.255 e. The van der Waals surface area contributed by atoms with Gasteiger partial charge < -0.3 is 10.4 Å². The van der Waals surface area contributed by atoms with E-state index < -0.39 is 0 Å². The molecule has 1 rings (SSSR count). The molecule has 0 aliphatic heterocycles. The smallest absolute Gasteiger partial charge is 0.255 e. The van der Waals surface area contributed by atoms with E-state index in [4.69, 9.17) is 5.11 Å². The molecule has 14 heavy (non-hydrogen) atoms. The van der Waals surface area contributed by atoms with Gasteiger partial charge in [0.1, 0.15) is 3.70 Å². The van der Waals surface area contributed by atoms with Gasteiger partial charge >= 0.3 is 0 Å². The van der Waals surface area contributed by atoms with Crippen LogP contribution in [0.2, 0.25) is 0 Å². The summed E-state index contributed by atoms with van der Waals surface area (Å²) in [6.45, 7) is 1.67. The first kappa shape index (κ1) is 11.4. The maximum atomic E-state index is 11.6. The number of aliphatic hydroxyl groups excluding tert-OH is 1. The summed E-state index contributed by atoms with van der Waals surface area (Å²) >= 11 is 2.05. The van der Waals surface area contributed by atoms with E-state index in [0.717, 1.165) is 3.70 Å². The van der Waals surface area contributed by atoms with Crippen LogP contribution >= 0.6 is 22.6 Å². The number of hydrogen-bond acceptors (Lipinski definition) is 3. The molecule has 0 spiro atoms. The van der Waals surface area contributed by atoms with Crippen molar-refractivity contribution in [3.63, 3.8) is 0 Å². The number of aliphatic hydroxyl groups is 1. The van der Waals surface area contributed by atoms with Gasteiger partial charge in [-0.1, -0.05) is 0 Å². The Morgan fingerprint density at radius 2 is 2.50 bits per heavy atom. The molecule has 0 fully saturated rings. The number of rotatable bonds is 3. The second-order valence-electron chi connectivity index (χ2n) is 3.03. The van der Waals surface area contributed by atoms with Gasteiger partial charge in [0.25, 0.3) is 5.91 Å². The summed E-state index contributed by atoms with van der Waals surface area (Å²) in [4.78, 5) is 11.6. The van der Waals surface area contributed by atoms with Gasteiger partial charge in [0.15, 0.2) is 0 Å². The van der Waals surface area contributed by atoms with Crippen LogP contribution in [0.5, 0.6) is 0 Å². The Kier molecular flexibility index (Phi) is 3.87. The minimum atomic E-state index is -0.237. The average Bonchev–Trinajstić information content (AvgIpc) is 2.47. The highest BCUT2D eigenvalue weighted by Gasteiger charge is 2.15. The van der Waals surface area contributed by atoms with Crippen molar-refractivity contribution in [3.05, 3.63) is 15.5 Å². The van der Waals surface area contributed by atoms with Gasteiger partial charge in [-0.05, 0) is 29.5 Å². The first-order chi connectivity index (χ1) is 6.56. The number of halogens is 1. The number of nitrogens with zero attached hydrogens (tertiary/aromatic N) is 2. The summed E-state index contributed by atoms with van der Waals surface area (Å²) in [5.41, 5.74) is 0.536. The first-order valence-electron chi connectivity index (χ1n) is 4.15. The molecule has 0 radical (unpaired) electrons. The Labute approximate surface area is 95.6 Å². The van der Waals surface area contributed by atoms with E-state index >= 15 is 0 Å². The summed E-state index contributed by atoms with van der Waals surface area (Å²) in [6, 6.07) is -0.237. The van der Waals surface area contributed by atoms with Crippen LogP contribution < -0.4 is 5.32 Å². The van der Waals surface area contributed by atoms with Crippen LogP contribution in [0, 0.1) is 3.70 Å². The molecule has 0 aliphatic carbocycles. The van der Waals surface area contributed by atoms with Crippen LogP contribution in [0.4, 0.5) is 0 Å². The largest absolute Gasteiger partial charge is 0.394 e. The summed E-state index contributed by atoms with van der Waals surface area (Å²) in [5, 5.41) is 15.4. The SMILES string of the molecule is C[C@H](CO)NC(=O)c1cnn(C)c1I. The lowest BCUT2D eigenvalue weighted by Crippen LogP contribution is -2.35. The van der Waals surface area contributed by atoms with Crippen LogP contribution in [0.25, 0.3) is 0 Å². The normalized spacial score (nSPS) is 12.6. The quantitative estimate of drug-likeness (QED) is 0.780. The molecular weight excluding hydrogens is 297 g/mol. The van der Waals surface area contributed by atoms with Crippen LogP contribution in [0.1, 0.15) is 17.3 Å². The third-order valence-corrected chi connectivity index (χ3v) is 3.04. The number of aromatic nitrogens is 2. The Bertz CT molecular complexity index is 337. The minimum absolute atomic E-state index is 0.0669. The summed E-state index contributed by atoms with van der Waals surface area (Å²) in [5.74, 6) is -0.205. The van der Waals surface area contributed by atoms with Crippen molar-refractivity contribution in [1.29, 1.82) is 0 Å². The summed E-state index contributed by atoms with van der Waals surface area (Å²) in [6.07, 6.45) is 1.52. The van der Waals surface area contributed by atoms with Gasteiger partial charge in [-0.25, -0.2) is 0 Å². The Hall–Kier alpha value is -0.630. The van der Waals surface area contributed by atoms with Gasteiger partial charge in [0.05, 0.1) is 18.4 Å². The zero-order valence-corrected chi connectivity index (χ0v) is 10.1. The van der Waals surface area contributed by atoms with Gasteiger partial charge in [0.2, 0.25) is 0 Å². The monoisotopic (exact) mass is 309 g/mol. The minimum Gasteiger partial charge on any atom is -0.394 e. The first-order valence-corrected chi connectivity index (χ1v) is 5.23. The molecule has 1 aromatic heterocycles. The molecule has 1 aromatic rings. The van der Waals surface area contributed by atoms with Crippen LogP contribution in [-0.2, 0) is 7.05 Å². The third-order valence-electron chi connectivity index (χ3n) is 1.76. The molecule has 0 saturated carbocycles. The molecule has 1 heterocycles. The predicted octanol–water partition coefficient (Wildman–Crippen LogP) is 0.135. The molecule has 6 heteroatoms. The average molecular weight is 309 g/mol. The number of hydrogen-bond donors (Lipinski definition) is 2. The van der Waals surface area contributed by atoms with E-state index in [1.54, 1.807) is 18.7 Å². The van der Waals surface area contributed by atoms with Crippen molar-refractivity contribution >= 4 is 28.5 Å². The number of carbonyl (C=O) groups excluding carboxylic acids is 1. The topological polar surface area (TPSA) is 67.2 Å². The molecule has 0 aromatic carbocycles. The maximum absolute atomic E-state index is 11.6. The number of carbonyl (C=O) groups is 1. The summed E-state index contributed by atoms with van der Waals surface area (Å²) < 4.78 is 2.41. The van der Waals surface area contributed by atoms with E-state index in [0.29, 0.717) is 5.56 Å². The van der Waals surface area contributed by atoms with Crippen molar-refractivity contribution in [2.45, 2.75) is 13.0 Å². The van der Waals surface area contributed by atoms with Crippen molar-refractivity contribution in [2.75, 3.05) is 6.61 Å². The summed E-state index contributed by atoms with van der Waals surface area (Å²) in [7, 11) is 1.77. The van der Waals surface area contributed by atoms with E-state index in [2.05, 4.69) is 33.0 Å². The zero-order chi connectivity index (χ0) is 10.7. The Balaban J connectivity index is 2.75.